The highest BCUT2D eigenvalue weighted by atomic mass is 35.5. The van der Waals surface area contributed by atoms with Crippen molar-refractivity contribution in [3.05, 3.63) is 129 Å². The third kappa shape index (κ3) is 8.24. The zero-order valence-corrected chi connectivity index (χ0v) is 25.1. The van der Waals surface area contributed by atoms with E-state index in [1.54, 1.807) is 12.1 Å². The molecule has 0 aliphatic heterocycles. The minimum atomic E-state index is -1.06. The second-order valence-corrected chi connectivity index (χ2v) is 11.1. The summed E-state index contributed by atoms with van der Waals surface area (Å²) in [6, 6.07) is 26.7. The quantitative estimate of drug-likeness (QED) is 0.156. The summed E-state index contributed by atoms with van der Waals surface area (Å²) in [5.74, 6) is -1.09. The molecule has 0 fully saturated rings. The smallest absolute Gasteiger partial charge is 0.335 e. The molecule has 0 radical (unpaired) electrons. The van der Waals surface area contributed by atoms with Crippen molar-refractivity contribution in [3.8, 4) is 0 Å². The molecule has 224 valence electrons. The number of carboxylic acids is 1. The van der Waals surface area contributed by atoms with E-state index in [-0.39, 0.29) is 31.0 Å². The predicted octanol–water partition coefficient (Wildman–Crippen LogP) is 6.87. The van der Waals surface area contributed by atoms with Gasteiger partial charge in [-0.15, -0.1) is 0 Å². The minimum absolute atomic E-state index is 0.0535. The molecule has 2 amide bonds. The highest BCUT2D eigenvalue weighted by Gasteiger charge is 2.19. The number of nitrogens with zero attached hydrogens (tertiary/aromatic N) is 2. The number of aromatic nitrogens is 1. The molecule has 0 aliphatic rings. The van der Waals surface area contributed by atoms with Crippen molar-refractivity contribution in [1.82, 2.24) is 9.88 Å². The van der Waals surface area contributed by atoms with Gasteiger partial charge in [-0.25, -0.2) is 9.78 Å². The van der Waals surface area contributed by atoms with Crippen LogP contribution in [0, 0.1) is 0 Å². The Hall–Kier alpha value is -4.66. The van der Waals surface area contributed by atoms with E-state index in [0.29, 0.717) is 45.6 Å². The Bertz CT molecular complexity index is 1790. The van der Waals surface area contributed by atoms with Crippen LogP contribution in [0.2, 0.25) is 10.0 Å². The zero-order chi connectivity index (χ0) is 31.1. The number of aromatic carboxylic acids is 1. The van der Waals surface area contributed by atoms with E-state index in [2.05, 4.69) is 22.4 Å². The van der Waals surface area contributed by atoms with E-state index in [9.17, 15) is 14.4 Å². The van der Waals surface area contributed by atoms with Gasteiger partial charge in [-0.2, -0.15) is 0 Å². The maximum Gasteiger partial charge on any atom is 0.335 e. The summed E-state index contributed by atoms with van der Waals surface area (Å²) in [6.07, 6.45) is 1.97. The maximum atomic E-state index is 13.6. The molecule has 0 aliphatic carbocycles. The Morgan fingerprint density at radius 3 is 2.27 bits per heavy atom. The lowest BCUT2D eigenvalue weighted by molar-refractivity contribution is -0.134. The van der Waals surface area contributed by atoms with Crippen LogP contribution in [0.25, 0.3) is 11.1 Å². The molecule has 2 N–H and O–H groups in total. The lowest BCUT2D eigenvalue weighted by Gasteiger charge is -2.23. The van der Waals surface area contributed by atoms with Crippen LogP contribution < -0.4 is 5.32 Å². The van der Waals surface area contributed by atoms with E-state index < -0.39 is 11.9 Å². The van der Waals surface area contributed by atoms with Crippen molar-refractivity contribution in [1.29, 1.82) is 0 Å². The van der Waals surface area contributed by atoms with Crippen molar-refractivity contribution in [2.24, 2.45) is 0 Å². The number of rotatable bonds is 12. The molecule has 5 rings (SSSR count). The molecule has 44 heavy (non-hydrogen) atoms. The van der Waals surface area contributed by atoms with E-state index in [1.165, 1.54) is 34.7 Å². The summed E-state index contributed by atoms with van der Waals surface area (Å²) >= 11 is 12.2. The molecule has 10 heteroatoms. The Labute approximate surface area is 264 Å². The number of carbonyl (C=O) groups is 3. The number of hydrogen-bond acceptors (Lipinski definition) is 5. The highest BCUT2D eigenvalue weighted by molar-refractivity contribution is 6.42. The third-order valence-corrected chi connectivity index (χ3v) is 7.82. The number of oxazole rings is 1. The topological polar surface area (TPSA) is 113 Å². The average Bonchev–Trinajstić information content (AvgIpc) is 3.43. The summed E-state index contributed by atoms with van der Waals surface area (Å²) < 4.78 is 5.99. The normalized spacial score (nSPS) is 11.0. The number of anilines is 1. The van der Waals surface area contributed by atoms with E-state index >= 15 is 0 Å². The molecule has 0 spiro atoms. The van der Waals surface area contributed by atoms with Gasteiger partial charge in [0, 0.05) is 18.7 Å². The number of aryl methyl sites for hydroxylation is 2. The number of benzene rings is 4. The average molecular weight is 631 g/mol. The Morgan fingerprint density at radius 2 is 1.55 bits per heavy atom. The van der Waals surface area contributed by atoms with Gasteiger partial charge in [0.15, 0.2) is 11.5 Å². The Balaban J connectivity index is 1.27. The van der Waals surface area contributed by atoms with Crippen molar-refractivity contribution < 1.29 is 23.9 Å². The van der Waals surface area contributed by atoms with Crippen LogP contribution in [-0.2, 0) is 35.3 Å². The minimum Gasteiger partial charge on any atom is -0.478 e. The van der Waals surface area contributed by atoms with E-state index in [0.717, 1.165) is 17.5 Å². The molecule has 8 nitrogen and oxygen atoms in total. The number of amides is 2. The van der Waals surface area contributed by atoms with Gasteiger partial charge in [-0.3, -0.25) is 9.59 Å². The molecule has 0 bridgehead atoms. The monoisotopic (exact) mass is 629 g/mol. The molecule has 0 atom stereocenters. The summed E-state index contributed by atoms with van der Waals surface area (Å²) in [7, 11) is 0. The Kier molecular flexibility index (Phi) is 9.94. The van der Waals surface area contributed by atoms with Gasteiger partial charge in [0.05, 0.1) is 28.6 Å². The first-order valence-corrected chi connectivity index (χ1v) is 14.8. The van der Waals surface area contributed by atoms with Crippen LogP contribution in [0.4, 0.5) is 5.69 Å². The maximum absolute atomic E-state index is 13.6. The molecule has 4 aromatic carbocycles. The van der Waals surface area contributed by atoms with Crippen molar-refractivity contribution >= 4 is 57.8 Å². The van der Waals surface area contributed by atoms with Gasteiger partial charge >= 0.3 is 5.97 Å². The van der Waals surface area contributed by atoms with Gasteiger partial charge in [-0.1, -0.05) is 65.7 Å². The molecule has 1 heterocycles. The number of carboxylic acid groups (broad SMARTS) is 1. The molecule has 5 aromatic rings. The number of hydrogen-bond donors (Lipinski definition) is 2. The fraction of sp³-hybridized carbons (Fsp3) is 0.176. The van der Waals surface area contributed by atoms with E-state index in [4.69, 9.17) is 32.7 Å². The molecular weight excluding hydrogens is 601 g/mol. The van der Waals surface area contributed by atoms with Crippen LogP contribution in [0.15, 0.2) is 95.4 Å². The first kappa shape index (κ1) is 30.8. The van der Waals surface area contributed by atoms with E-state index in [1.807, 2.05) is 42.5 Å². The standard InChI is InChI=1S/C34H29Cl2N3O5/c35-27-13-6-23(18-28(27)36)16-17-39(21-31(40)37-26-11-9-25(10-12-26)34(42)43)33(41)20-24-7-14-29-30(19-24)44-32(38-29)15-8-22-4-2-1-3-5-22/h1-7,9-14,18-19H,8,15-17,20-21H2,(H,37,40)(H,42,43). The fourth-order valence-corrected chi connectivity index (χ4v) is 5.06. The number of nitrogens with one attached hydrogen (secondary N) is 1. The predicted molar refractivity (Wildman–Crippen MR) is 170 cm³/mol. The second-order valence-electron chi connectivity index (χ2n) is 10.3. The van der Waals surface area contributed by atoms with Crippen LogP contribution in [0.5, 0.6) is 0 Å². The van der Waals surface area contributed by atoms with Gasteiger partial charge < -0.3 is 19.7 Å². The third-order valence-electron chi connectivity index (χ3n) is 7.08. The Morgan fingerprint density at radius 1 is 0.795 bits per heavy atom. The van der Waals surface area contributed by atoms with Gasteiger partial charge in [-0.05, 0) is 78.1 Å². The summed E-state index contributed by atoms with van der Waals surface area (Å²) in [5, 5.41) is 12.7. The number of fused-ring (bicyclic) bond motifs is 1. The first-order valence-electron chi connectivity index (χ1n) is 14.0. The highest BCUT2D eigenvalue weighted by Crippen LogP contribution is 2.23. The van der Waals surface area contributed by atoms with Gasteiger partial charge in [0.2, 0.25) is 11.8 Å². The molecule has 0 saturated carbocycles. The SMILES string of the molecule is O=C(CN(CCc1ccc(Cl)c(Cl)c1)C(=O)Cc1ccc2nc(CCc3ccccc3)oc2c1)Nc1ccc(C(=O)O)cc1. The largest absolute Gasteiger partial charge is 0.478 e. The molecule has 0 unspecified atom stereocenters. The summed E-state index contributed by atoms with van der Waals surface area (Å²) in [6.45, 7) is 0.0609. The number of halogens is 2. The van der Waals surface area contributed by atoms with Gasteiger partial charge in [0.1, 0.15) is 5.52 Å². The lowest BCUT2D eigenvalue weighted by atomic mass is 10.1. The summed E-state index contributed by atoms with van der Waals surface area (Å²) in [4.78, 5) is 43.7. The van der Waals surface area contributed by atoms with Crippen LogP contribution in [0.3, 0.4) is 0 Å². The van der Waals surface area contributed by atoms with Crippen LogP contribution >= 0.6 is 23.2 Å². The molecule has 1 aromatic heterocycles. The molecular formula is C34H29Cl2N3O5. The van der Waals surface area contributed by atoms with Gasteiger partial charge in [0.25, 0.3) is 0 Å². The fourth-order valence-electron chi connectivity index (χ4n) is 4.74. The first-order chi connectivity index (χ1) is 21.2. The van der Waals surface area contributed by atoms with Crippen LogP contribution in [-0.4, -0.2) is 45.9 Å². The van der Waals surface area contributed by atoms with Crippen molar-refractivity contribution in [2.75, 3.05) is 18.4 Å². The van der Waals surface area contributed by atoms with Crippen LogP contribution in [0.1, 0.15) is 32.9 Å². The number of carbonyl (C=O) groups excluding carboxylic acids is 2. The second kappa shape index (κ2) is 14.2. The molecule has 0 saturated heterocycles. The zero-order valence-electron chi connectivity index (χ0n) is 23.6. The van der Waals surface area contributed by atoms with Crippen molar-refractivity contribution in [3.63, 3.8) is 0 Å². The lowest BCUT2D eigenvalue weighted by Crippen LogP contribution is -2.40. The van der Waals surface area contributed by atoms with Crippen molar-refractivity contribution in [2.45, 2.75) is 25.7 Å². The summed E-state index contributed by atoms with van der Waals surface area (Å²) in [5.41, 5.74) is 4.65.